The fraction of sp³-hybridized carbons (Fsp3) is 0.0769. The van der Waals surface area contributed by atoms with Gasteiger partial charge in [-0.05, 0) is 58.5 Å². The van der Waals surface area contributed by atoms with Crippen molar-refractivity contribution < 1.29 is 4.92 Å². The number of halogens is 2. The molecule has 2 aromatic rings. The third-order valence-electron chi connectivity index (χ3n) is 2.57. The number of non-ortho nitro benzene ring substituents is 1. The first-order valence-electron chi connectivity index (χ1n) is 5.48. The fourth-order valence-electron chi connectivity index (χ4n) is 1.58. The predicted molar refractivity (Wildman–Crippen MR) is 84.6 cm³/mol. The van der Waals surface area contributed by atoms with Crippen LogP contribution in [0.15, 0.2) is 42.5 Å². The molecule has 0 unspecified atom stereocenters. The lowest BCUT2D eigenvalue weighted by Gasteiger charge is -2.08. The van der Waals surface area contributed by atoms with E-state index >= 15 is 0 Å². The van der Waals surface area contributed by atoms with Gasteiger partial charge in [-0.2, -0.15) is 0 Å². The Labute approximate surface area is 129 Å². The van der Waals surface area contributed by atoms with Crippen molar-refractivity contribution in [2.45, 2.75) is 6.54 Å². The summed E-state index contributed by atoms with van der Waals surface area (Å²) in [7, 11) is 0. The molecule has 0 aliphatic rings. The molecular formula is C13H10ClIN2O2. The number of nitro groups is 1. The Kier molecular flexibility index (Phi) is 4.60. The zero-order chi connectivity index (χ0) is 13.8. The Morgan fingerprint density at radius 3 is 2.53 bits per heavy atom. The average Bonchev–Trinajstić information content (AvgIpc) is 2.39. The Morgan fingerprint density at radius 2 is 1.89 bits per heavy atom. The van der Waals surface area contributed by atoms with E-state index in [0.29, 0.717) is 17.1 Å². The summed E-state index contributed by atoms with van der Waals surface area (Å²) in [5.74, 6) is 0. The summed E-state index contributed by atoms with van der Waals surface area (Å²) in [6, 6.07) is 12.3. The lowest BCUT2D eigenvalue weighted by atomic mass is 10.2. The summed E-state index contributed by atoms with van der Waals surface area (Å²) in [5, 5.41) is 14.4. The molecular weight excluding hydrogens is 379 g/mol. The molecule has 0 saturated heterocycles. The minimum atomic E-state index is -0.426. The minimum absolute atomic E-state index is 0.0452. The van der Waals surface area contributed by atoms with Gasteiger partial charge in [-0.25, -0.2) is 0 Å². The van der Waals surface area contributed by atoms with E-state index in [1.54, 1.807) is 6.07 Å². The van der Waals surface area contributed by atoms with Crippen LogP contribution >= 0.6 is 34.2 Å². The van der Waals surface area contributed by atoms with Gasteiger partial charge in [-0.3, -0.25) is 10.1 Å². The molecule has 0 heterocycles. The van der Waals surface area contributed by atoms with Crippen LogP contribution in [0.3, 0.4) is 0 Å². The number of hydrogen-bond acceptors (Lipinski definition) is 3. The van der Waals surface area contributed by atoms with Crippen LogP contribution < -0.4 is 5.32 Å². The summed E-state index contributed by atoms with van der Waals surface area (Å²) in [6.45, 7) is 0.446. The average molecular weight is 389 g/mol. The number of nitrogens with zero attached hydrogens (tertiary/aromatic N) is 1. The molecule has 0 aliphatic carbocycles. The first-order valence-corrected chi connectivity index (χ1v) is 6.94. The Balaban J connectivity index is 2.12. The van der Waals surface area contributed by atoms with E-state index in [1.165, 1.54) is 12.1 Å². The largest absolute Gasteiger partial charge is 0.381 e. The van der Waals surface area contributed by atoms with E-state index in [2.05, 4.69) is 27.9 Å². The van der Waals surface area contributed by atoms with E-state index in [9.17, 15) is 10.1 Å². The number of benzene rings is 2. The van der Waals surface area contributed by atoms with Crippen molar-refractivity contribution in [1.82, 2.24) is 0 Å². The lowest BCUT2D eigenvalue weighted by molar-refractivity contribution is -0.384. The second kappa shape index (κ2) is 6.21. The Bertz CT molecular complexity index is 602. The van der Waals surface area contributed by atoms with Crippen LogP contribution in [0.4, 0.5) is 11.4 Å². The van der Waals surface area contributed by atoms with Crippen LogP contribution in [0.25, 0.3) is 0 Å². The van der Waals surface area contributed by atoms with Crippen molar-refractivity contribution in [3.63, 3.8) is 0 Å². The highest BCUT2D eigenvalue weighted by atomic mass is 127. The fourth-order valence-corrected chi connectivity index (χ4v) is 2.12. The number of nitro benzene ring substituents is 1. The normalized spacial score (nSPS) is 10.2. The molecule has 1 N–H and O–H groups in total. The lowest BCUT2D eigenvalue weighted by Crippen LogP contribution is -2.01. The third kappa shape index (κ3) is 3.81. The maximum absolute atomic E-state index is 10.7. The highest BCUT2D eigenvalue weighted by molar-refractivity contribution is 14.1. The topological polar surface area (TPSA) is 55.2 Å². The standard InChI is InChI=1S/C13H10ClIN2O2/c14-13-6-5-12(17(18)19)7-9(13)8-16-11-3-1-10(15)2-4-11/h1-7,16H,8H2. The Hall–Kier alpha value is -1.34. The molecule has 0 bridgehead atoms. The molecule has 0 aliphatic heterocycles. The van der Waals surface area contributed by atoms with Gasteiger partial charge in [0.05, 0.1) is 4.92 Å². The van der Waals surface area contributed by atoms with E-state index in [-0.39, 0.29) is 5.69 Å². The van der Waals surface area contributed by atoms with Crippen LogP contribution in [-0.4, -0.2) is 4.92 Å². The van der Waals surface area contributed by atoms with Crippen molar-refractivity contribution in [2.75, 3.05) is 5.32 Å². The van der Waals surface area contributed by atoms with Gasteiger partial charge in [0.25, 0.3) is 5.69 Å². The summed E-state index contributed by atoms with van der Waals surface area (Å²) in [6.07, 6.45) is 0. The zero-order valence-electron chi connectivity index (χ0n) is 9.77. The molecule has 98 valence electrons. The molecule has 0 saturated carbocycles. The van der Waals surface area contributed by atoms with Gasteiger partial charge in [0, 0.05) is 33.0 Å². The number of rotatable bonds is 4. The molecule has 6 heteroatoms. The summed E-state index contributed by atoms with van der Waals surface area (Å²) in [4.78, 5) is 10.3. The van der Waals surface area contributed by atoms with Crippen molar-refractivity contribution in [3.05, 3.63) is 66.7 Å². The van der Waals surface area contributed by atoms with Gasteiger partial charge in [0.1, 0.15) is 0 Å². The summed E-state index contributed by atoms with van der Waals surface area (Å²) in [5.41, 5.74) is 1.70. The second-order valence-corrected chi connectivity index (χ2v) is 5.55. The van der Waals surface area contributed by atoms with Crippen LogP contribution in [0.1, 0.15) is 5.56 Å². The first kappa shape index (κ1) is 14.1. The minimum Gasteiger partial charge on any atom is -0.381 e. The van der Waals surface area contributed by atoms with Crippen molar-refractivity contribution in [3.8, 4) is 0 Å². The summed E-state index contributed by atoms with van der Waals surface area (Å²) < 4.78 is 1.15. The van der Waals surface area contributed by atoms with Gasteiger partial charge >= 0.3 is 0 Å². The van der Waals surface area contributed by atoms with Gasteiger partial charge in [-0.1, -0.05) is 11.6 Å². The van der Waals surface area contributed by atoms with Crippen LogP contribution in [0.2, 0.25) is 5.02 Å². The van der Waals surface area contributed by atoms with E-state index in [1.807, 2.05) is 24.3 Å². The highest BCUT2D eigenvalue weighted by Gasteiger charge is 2.09. The van der Waals surface area contributed by atoms with Gasteiger partial charge in [-0.15, -0.1) is 0 Å². The molecule has 0 atom stereocenters. The molecule has 19 heavy (non-hydrogen) atoms. The van der Waals surface area contributed by atoms with Crippen LogP contribution in [0, 0.1) is 13.7 Å². The monoisotopic (exact) mass is 388 g/mol. The number of anilines is 1. The van der Waals surface area contributed by atoms with Gasteiger partial charge in [0.15, 0.2) is 0 Å². The van der Waals surface area contributed by atoms with Crippen molar-refractivity contribution in [1.29, 1.82) is 0 Å². The summed E-state index contributed by atoms with van der Waals surface area (Å²) >= 11 is 8.26. The molecule has 0 aromatic heterocycles. The van der Waals surface area contributed by atoms with Crippen LogP contribution in [0.5, 0.6) is 0 Å². The van der Waals surface area contributed by atoms with E-state index in [4.69, 9.17) is 11.6 Å². The predicted octanol–water partition coefficient (Wildman–Crippen LogP) is 4.46. The smallest absolute Gasteiger partial charge is 0.269 e. The maximum Gasteiger partial charge on any atom is 0.269 e. The maximum atomic E-state index is 10.7. The van der Waals surface area contributed by atoms with Crippen molar-refractivity contribution in [2.24, 2.45) is 0 Å². The van der Waals surface area contributed by atoms with Crippen LogP contribution in [-0.2, 0) is 6.54 Å². The second-order valence-electron chi connectivity index (χ2n) is 3.89. The third-order valence-corrected chi connectivity index (χ3v) is 3.66. The SMILES string of the molecule is O=[N+]([O-])c1ccc(Cl)c(CNc2ccc(I)cc2)c1. The molecule has 0 fully saturated rings. The molecule has 0 amide bonds. The highest BCUT2D eigenvalue weighted by Crippen LogP contribution is 2.23. The zero-order valence-corrected chi connectivity index (χ0v) is 12.7. The molecule has 0 spiro atoms. The van der Waals surface area contributed by atoms with Crippen molar-refractivity contribution >= 4 is 45.6 Å². The molecule has 0 radical (unpaired) electrons. The quantitative estimate of drug-likeness (QED) is 0.478. The number of hydrogen-bond donors (Lipinski definition) is 1. The van der Waals surface area contributed by atoms with Gasteiger partial charge in [0.2, 0.25) is 0 Å². The molecule has 4 nitrogen and oxygen atoms in total. The number of nitrogens with one attached hydrogen (secondary N) is 1. The van der Waals surface area contributed by atoms with E-state index < -0.39 is 4.92 Å². The van der Waals surface area contributed by atoms with Gasteiger partial charge < -0.3 is 5.32 Å². The first-order chi connectivity index (χ1) is 9.06. The molecule has 2 aromatic carbocycles. The van der Waals surface area contributed by atoms with E-state index in [0.717, 1.165) is 9.26 Å². The molecule has 2 rings (SSSR count). The Morgan fingerprint density at radius 1 is 1.21 bits per heavy atom.